The first-order chi connectivity index (χ1) is 20.2. The summed E-state index contributed by atoms with van der Waals surface area (Å²) in [5.74, 6) is 0.325. The topological polar surface area (TPSA) is 114 Å². The summed E-state index contributed by atoms with van der Waals surface area (Å²) in [6, 6.07) is 23.7. The maximum atomic E-state index is 12.9. The molecule has 2 aliphatic rings. The van der Waals surface area contributed by atoms with Gasteiger partial charge >= 0.3 is 0 Å². The van der Waals surface area contributed by atoms with Gasteiger partial charge in [-0.2, -0.15) is 0 Å². The SMILES string of the molecule is O=C1NCCOCCOCCNC(=O)c2ccccc2OC[C@@H]2OC(c3ccccc3)O[C@H]2COc2ccccc21. The van der Waals surface area contributed by atoms with Crippen molar-refractivity contribution in [3.05, 3.63) is 95.6 Å². The molecule has 10 heteroatoms. The smallest absolute Gasteiger partial charge is 0.255 e. The Hall–Kier alpha value is -3.96. The van der Waals surface area contributed by atoms with Gasteiger partial charge in [-0.15, -0.1) is 0 Å². The molecular weight excluding hydrogens is 528 g/mol. The van der Waals surface area contributed by atoms with E-state index in [1.807, 2.05) is 30.3 Å². The number of benzene rings is 3. The van der Waals surface area contributed by atoms with E-state index in [0.717, 1.165) is 5.56 Å². The number of hydrogen-bond donors (Lipinski definition) is 2. The fourth-order valence-corrected chi connectivity index (χ4v) is 4.48. The van der Waals surface area contributed by atoms with Gasteiger partial charge in [0.15, 0.2) is 6.29 Å². The van der Waals surface area contributed by atoms with Gasteiger partial charge in [0.05, 0.1) is 37.6 Å². The van der Waals surface area contributed by atoms with E-state index in [0.29, 0.717) is 62.1 Å². The van der Waals surface area contributed by atoms with Crippen LogP contribution < -0.4 is 20.1 Å². The minimum atomic E-state index is -0.620. The van der Waals surface area contributed by atoms with Crippen molar-refractivity contribution in [2.24, 2.45) is 0 Å². The van der Waals surface area contributed by atoms with Gasteiger partial charge in [0.2, 0.25) is 0 Å². The van der Waals surface area contributed by atoms with E-state index in [4.69, 9.17) is 28.4 Å². The van der Waals surface area contributed by atoms with Gasteiger partial charge in [0, 0.05) is 18.7 Å². The Morgan fingerprint density at radius 2 is 1.02 bits per heavy atom. The summed E-state index contributed by atoms with van der Waals surface area (Å²) in [7, 11) is 0. The number of carbonyl (C=O) groups excluding carboxylic acids is 2. The average Bonchev–Trinajstić information content (AvgIpc) is 3.43. The second-order valence-electron chi connectivity index (χ2n) is 9.44. The third-order valence-electron chi connectivity index (χ3n) is 6.59. The van der Waals surface area contributed by atoms with Crippen molar-refractivity contribution in [1.29, 1.82) is 0 Å². The monoisotopic (exact) mass is 562 g/mol. The number of amides is 2. The molecule has 5 rings (SSSR count). The van der Waals surface area contributed by atoms with E-state index in [1.54, 1.807) is 48.5 Å². The van der Waals surface area contributed by atoms with Gasteiger partial charge in [-0.3, -0.25) is 9.59 Å². The van der Waals surface area contributed by atoms with Crippen molar-refractivity contribution >= 4 is 11.8 Å². The van der Waals surface area contributed by atoms with E-state index in [9.17, 15) is 9.59 Å². The zero-order valence-electron chi connectivity index (χ0n) is 22.7. The van der Waals surface area contributed by atoms with Crippen LogP contribution in [0, 0.1) is 0 Å². The Balaban J connectivity index is 1.35. The van der Waals surface area contributed by atoms with Crippen molar-refractivity contribution in [1.82, 2.24) is 10.6 Å². The first kappa shape index (κ1) is 28.6. The van der Waals surface area contributed by atoms with Crippen LogP contribution in [0.2, 0.25) is 0 Å². The maximum Gasteiger partial charge on any atom is 0.255 e. The quantitative estimate of drug-likeness (QED) is 0.465. The first-order valence-electron chi connectivity index (χ1n) is 13.7. The van der Waals surface area contributed by atoms with Crippen molar-refractivity contribution in [3.63, 3.8) is 0 Å². The summed E-state index contributed by atoms with van der Waals surface area (Å²) in [6.07, 6.45) is -1.65. The predicted molar refractivity (Wildman–Crippen MR) is 149 cm³/mol. The molecule has 0 aliphatic carbocycles. The van der Waals surface area contributed by atoms with Crippen LogP contribution in [-0.4, -0.2) is 76.8 Å². The molecule has 216 valence electrons. The van der Waals surface area contributed by atoms with Crippen molar-refractivity contribution in [2.75, 3.05) is 52.7 Å². The lowest BCUT2D eigenvalue weighted by Crippen LogP contribution is -2.35. The summed E-state index contributed by atoms with van der Waals surface area (Å²) in [6.45, 7) is 2.31. The van der Waals surface area contributed by atoms with Crippen LogP contribution in [0.1, 0.15) is 32.6 Å². The van der Waals surface area contributed by atoms with Gasteiger partial charge in [-0.05, 0) is 24.3 Å². The average molecular weight is 563 g/mol. The van der Waals surface area contributed by atoms with Gasteiger partial charge in [-0.25, -0.2) is 0 Å². The number of hydrogen-bond acceptors (Lipinski definition) is 8. The summed E-state index contributed by atoms with van der Waals surface area (Å²) in [5.41, 5.74) is 1.68. The van der Waals surface area contributed by atoms with Crippen LogP contribution in [-0.2, 0) is 18.9 Å². The van der Waals surface area contributed by atoms with E-state index in [2.05, 4.69) is 10.6 Å². The highest BCUT2D eigenvalue weighted by Crippen LogP contribution is 2.33. The molecule has 1 saturated heterocycles. The highest BCUT2D eigenvalue weighted by Gasteiger charge is 2.38. The molecule has 3 aromatic carbocycles. The van der Waals surface area contributed by atoms with E-state index in [-0.39, 0.29) is 25.0 Å². The minimum Gasteiger partial charge on any atom is -0.490 e. The fourth-order valence-electron chi connectivity index (χ4n) is 4.48. The molecule has 41 heavy (non-hydrogen) atoms. The standard InChI is InChI=1S/C31H34N2O8/c34-29-23-10-4-6-12-25(23)38-20-27-28(41-31(40-27)22-8-2-1-3-9-22)21-39-26-13-7-5-11-24(26)30(35)33-15-17-37-19-18-36-16-14-32-29/h1-13,27-28,31H,14-21H2,(H,32,34)(H,33,35)/t27-,28-/m0/s1. The van der Waals surface area contributed by atoms with E-state index >= 15 is 0 Å². The van der Waals surface area contributed by atoms with Gasteiger partial charge in [0.1, 0.15) is 36.9 Å². The maximum absolute atomic E-state index is 12.9. The summed E-state index contributed by atoms with van der Waals surface area (Å²) in [5, 5.41) is 5.71. The molecular formula is C31H34N2O8. The molecule has 0 unspecified atom stereocenters. The number of nitrogens with one attached hydrogen (secondary N) is 2. The second kappa shape index (κ2) is 14.6. The second-order valence-corrected chi connectivity index (χ2v) is 9.44. The first-order valence-corrected chi connectivity index (χ1v) is 13.7. The lowest BCUT2D eigenvalue weighted by molar-refractivity contribution is -0.0753. The lowest BCUT2D eigenvalue weighted by Gasteiger charge is -2.20. The van der Waals surface area contributed by atoms with E-state index < -0.39 is 18.5 Å². The largest absolute Gasteiger partial charge is 0.490 e. The third kappa shape index (κ3) is 7.83. The van der Waals surface area contributed by atoms with Gasteiger partial charge < -0.3 is 39.1 Å². The summed E-state index contributed by atoms with van der Waals surface area (Å²) in [4.78, 5) is 25.8. The molecule has 0 radical (unpaired) electrons. The Morgan fingerprint density at radius 1 is 0.561 bits per heavy atom. The molecule has 2 aliphatic heterocycles. The normalized spacial score (nSPS) is 21.8. The summed E-state index contributed by atoms with van der Waals surface area (Å²) >= 11 is 0. The zero-order chi connectivity index (χ0) is 28.3. The number of rotatable bonds is 1. The van der Waals surface area contributed by atoms with Crippen molar-refractivity contribution < 1.29 is 38.0 Å². The number of fused-ring (bicyclic) bond motifs is 3. The molecule has 2 N–H and O–H groups in total. The van der Waals surface area contributed by atoms with Gasteiger partial charge in [-0.1, -0.05) is 54.6 Å². The van der Waals surface area contributed by atoms with Crippen molar-refractivity contribution in [2.45, 2.75) is 18.5 Å². The van der Waals surface area contributed by atoms with Crippen LogP contribution in [0.15, 0.2) is 78.9 Å². The van der Waals surface area contributed by atoms with Gasteiger partial charge in [0.25, 0.3) is 11.8 Å². The minimum absolute atomic E-state index is 0.118. The van der Waals surface area contributed by atoms with Crippen LogP contribution in [0.25, 0.3) is 0 Å². The zero-order valence-corrected chi connectivity index (χ0v) is 22.7. The summed E-state index contributed by atoms with van der Waals surface area (Å²) < 4.78 is 35.8. The van der Waals surface area contributed by atoms with Crippen LogP contribution in [0.3, 0.4) is 0 Å². The molecule has 3 aromatic rings. The molecule has 0 spiro atoms. The Kier molecular flexibility index (Phi) is 10.2. The van der Waals surface area contributed by atoms with Crippen LogP contribution >= 0.6 is 0 Å². The Morgan fingerprint density at radius 3 is 1.54 bits per heavy atom. The predicted octanol–water partition coefficient (Wildman–Crippen LogP) is 3.13. The highest BCUT2D eigenvalue weighted by atomic mass is 16.7. The third-order valence-corrected chi connectivity index (χ3v) is 6.59. The molecule has 0 saturated carbocycles. The van der Waals surface area contributed by atoms with Crippen LogP contribution in [0.4, 0.5) is 0 Å². The lowest BCUT2D eigenvalue weighted by atomic mass is 10.1. The number of para-hydroxylation sites is 2. The fraction of sp³-hybridized carbons (Fsp3) is 0.355. The molecule has 1 fully saturated rings. The molecule has 2 amide bonds. The van der Waals surface area contributed by atoms with E-state index in [1.165, 1.54) is 0 Å². The van der Waals surface area contributed by atoms with Crippen LogP contribution in [0.5, 0.6) is 11.5 Å². The molecule has 10 nitrogen and oxygen atoms in total. The molecule has 0 aromatic heterocycles. The number of ether oxygens (including phenoxy) is 6. The molecule has 0 bridgehead atoms. The highest BCUT2D eigenvalue weighted by molar-refractivity contribution is 5.97. The Labute approximate surface area is 238 Å². The Bertz CT molecular complexity index is 1210. The molecule has 2 heterocycles. The number of carbonyl (C=O) groups is 2. The van der Waals surface area contributed by atoms with Crippen molar-refractivity contribution in [3.8, 4) is 11.5 Å². The molecule has 2 atom stereocenters.